The van der Waals surface area contributed by atoms with Gasteiger partial charge in [0.1, 0.15) is 5.52 Å². The van der Waals surface area contributed by atoms with Gasteiger partial charge >= 0.3 is 0 Å². The van der Waals surface area contributed by atoms with Crippen LogP contribution in [0, 0.1) is 6.92 Å². The average molecular weight is 332 g/mol. The molecule has 1 unspecified atom stereocenters. The lowest BCUT2D eigenvalue weighted by atomic mass is 9.98. The molecule has 1 atom stereocenters. The van der Waals surface area contributed by atoms with E-state index in [1.165, 1.54) is 42.8 Å². The zero-order chi connectivity index (χ0) is 16.8. The van der Waals surface area contributed by atoms with Gasteiger partial charge in [-0.1, -0.05) is 30.3 Å². The molecule has 1 aromatic carbocycles. The van der Waals surface area contributed by atoms with E-state index in [0.717, 1.165) is 36.2 Å². The van der Waals surface area contributed by atoms with E-state index in [1.807, 2.05) is 6.20 Å². The van der Waals surface area contributed by atoms with Gasteiger partial charge in [0.15, 0.2) is 5.65 Å². The van der Waals surface area contributed by atoms with Crippen molar-refractivity contribution in [3.8, 4) is 0 Å². The summed E-state index contributed by atoms with van der Waals surface area (Å²) >= 11 is 0. The predicted octanol–water partition coefficient (Wildman–Crippen LogP) is 3.68. The molecule has 0 aliphatic carbocycles. The van der Waals surface area contributed by atoms with Crippen LogP contribution in [0.1, 0.15) is 41.4 Å². The van der Waals surface area contributed by atoms with Crippen LogP contribution in [0.25, 0.3) is 11.2 Å². The molecule has 0 N–H and O–H groups in total. The van der Waals surface area contributed by atoms with Gasteiger partial charge < -0.3 is 4.57 Å². The number of hydrogen-bond acceptors (Lipinski definition) is 3. The Kier molecular flexibility index (Phi) is 3.59. The second-order valence-electron chi connectivity index (χ2n) is 7.38. The summed E-state index contributed by atoms with van der Waals surface area (Å²) in [4.78, 5) is 12.4. The van der Waals surface area contributed by atoms with Crippen molar-refractivity contribution in [2.45, 2.75) is 45.2 Å². The van der Waals surface area contributed by atoms with Crippen molar-refractivity contribution in [3.05, 3.63) is 59.0 Å². The van der Waals surface area contributed by atoms with Crippen molar-refractivity contribution < 1.29 is 0 Å². The van der Waals surface area contributed by atoms with Crippen LogP contribution in [0.4, 0.5) is 0 Å². The van der Waals surface area contributed by atoms with E-state index in [0.29, 0.717) is 6.04 Å². The molecule has 2 aliphatic heterocycles. The van der Waals surface area contributed by atoms with Gasteiger partial charge in [0.2, 0.25) is 0 Å². The lowest BCUT2D eigenvalue weighted by Crippen LogP contribution is -2.31. The highest BCUT2D eigenvalue weighted by Crippen LogP contribution is 2.42. The van der Waals surface area contributed by atoms with Crippen molar-refractivity contribution in [2.24, 2.45) is 0 Å². The first-order chi connectivity index (χ1) is 12.3. The third-order valence-corrected chi connectivity index (χ3v) is 5.82. The van der Waals surface area contributed by atoms with E-state index in [2.05, 4.69) is 46.7 Å². The largest absolute Gasteiger partial charge is 0.328 e. The van der Waals surface area contributed by atoms with Crippen molar-refractivity contribution >= 4 is 11.2 Å². The maximum atomic E-state index is 4.92. The van der Waals surface area contributed by atoms with Crippen LogP contribution in [0.3, 0.4) is 0 Å². The Hall–Kier alpha value is -2.20. The van der Waals surface area contributed by atoms with E-state index >= 15 is 0 Å². The standard InChI is InChI=1S/C21H24N4/c1-15-14-22-21-20(23-15)19-17-8-5-11-24(17)12-10-18(19)25(21)13-9-16-6-3-2-4-7-16/h2-4,6-7,14,17H,5,8-13H2,1H3. The van der Waals surface area contributed by atoms with E-state index in [-0.39, 0.29) is 0 Å². The highest BCUT2D eigenvalue weighted by atomic mass is 15.2. The highest BCUT2D eigenvalue weighted by molar-refractivity contribution is 5.79. The van der Waals surface area contributed by atoms with Gasteiger partial charge in [-0.3, -0.25) is 4.90 Å². The molecule has 1 saturated heterocycles. The molecule has 0 bridgehead atoms. The lowest BCUT2D eigenvalue weighted by molar-refractivity contribution is 0.241. The van der Waals surface area contributed by atoms with E-state index < -0.39 is 0 Å². The van der Waals surface area contributed by atoms with Crippen molar-refractivity contribution in [3.63, 3.8) is 0 Å². The Balaban J connectivity index is 1.61. The van der Waals surface area contributed by atoms with Crippen LogP contribution in [0.15, 0.2) is 36.5 Å². The number of aromatic nitrogens is 3. The fourth-order valence-corrected chi connectivity index (χ4v) is 4.68. The summed E-state index contributed by atoms with van der Waals surface area (Å²) in [5.74, 6) is 0. The molecule has 3 aromatic rings. The number of benzene rings is 1. The molecule has 0 spiro atoms. The van der Waals surface area contributed by atoms with Gasteiger partial charge in [-0.25, -0.2) is 9.97 Å². The maximum Gasteiger partial charge on any atom is 0.159 e. The average Bonchev–Trinajstić information content (AvgIpc) is 3.22. The van der Waals surface area contributed by atoms with Gasteiger partial charge in [0.25, 0.3) is 0 Å². The fourth-order valence-electron chi connectivity index (χ4n) is 4.68. The Bertz CT molecular complexity index is 913. The monoisotopic (exact) mass is 332 g/mol. The van der Waals surface area contributed by atoms with Crippen LogP contribution in [-0.2, 0) is 19.4 Å². The minimum atomic E-state index is 0.556. The second-order valence-corrected chi connectivity index (χ2v) is 7.38. The maximum absolute atomic E-state index is 4.92. The van der Waals surface area contributed by atoms with Gasteiger partial charge in [0.05, 0.1) is 11.9 Å². The second kappa shape index (κ2) is 5.95. The molecule has 128 valence electrons. The lowest BCUT2D eigenvalue weighted by Gasteiger charge is -2.30. The molecule has 0 saturated carbocycles. The molecule has 5 rings (SSSR count). The first-order valence-corrected chi connectivity index (χ1v) is 9.44. The molecular formula is C21H24N4. The molecule has 2 aliphatic rings. The number of hydrogen-bond donors (Lipinski definition) is 0. The van der Waals surface area contributed by atoms with Crippen LogP contribution in [0.5, 0.6) is 0 Å². The third kappa shape index (κ3) is 2.47. The van der Waals surface area contributed by atoms with Gasteiger partial charge in [0, 0.05) is 36.8 Å². The topological polar surface area (TPSA) is 34.0 Å². The van der Waals surface area contributed by atoms with Gasteiger partial charge in [-0.05, 0) is 38.3 Å². The number of rotatable bonds is 3. The van der Waals surface area contributed by atoms with Crippen molar-refractivity contribution in [2.75, 3.05) is 13.1 Å². The summed E-state index contributed by atoms with van der Waals surface area (Å²) in [6.45, 7) is 5.45. The molecule has 1 fully saturated rings. The molecule has 4 heterocycles. The minimum Gasteiger partial charge on any atom is -0.328 e. The first kappa shape index (κ1) is 15.1. The molecule has 25 heavy (non-hydrogen) atoms. The molecule has 0 radical (unpaired) electrons. The zero-order valence-corrected chi connectivity index (χ0v) is 14.8. The first-order valence-electron chi connectivity index (χ1n) is 9.44. The quantitative estimate of drug-likeness (QED) is 0.734. The van der Waals surface area contributed by atoms with Gasteiger partial charge in [-0.2, -0.15) is 0 Å². The molecule has 4 nitrogen and oxygen atoms in total. The normalized spacial score (nSPS) is 20.0. The van der Waals surface area contributed by atoms with E-state index in [4.69, 9.17) is 9.97 Å². The Labute approximate surface area is 148 Å². The van der Waals surface area contributed by atoms with Gasteiger partial charge in [-0.15, -0.1) is 0 Å². The Morgan fingerprint density at radius 2 is 2.04 bits per heavy atom. The molecule has 4 heteroatoms. The van der Waals surface area contributed by atoms with Crippen LogP contribution in [-0.4, -0.2) is 32.5 Å². The summed E-state index contributed by atoms with van der Waals surface area (Å²) in [7, 11) is 0. The van der Waals surface area contributed by atoms with Crippen LogP contribution < -0.4 is 0 Å². The summed E-state index contributed by atoms with van der Waals surface area (Å²) in [6, 6.07) is 11.3. The zero-order valence-electron chi connectivity index (χ0n) is 14.8. The van der Waals surface area contributed by atoms with Crippen LogP contribution in [0.2, 0.25) is 0 Å². The Morgan fingerprint density at radius 1 is 1.16 bits per heavy atom. The minimum absolute atomic E-state index is 0.556. The summed E-state index contributed by atoms with van der Waals surface area (Å²) in [5, 5.41) is 0. The van der Waals surface area contributed by atoms with E-state index in [9.17, 15) is 0 Å². The van der Waals surface area contributed by atoms with E-state index in [1.54, 1.807) is 0 Å². The predicted molar refractivity (Wildman–Crippen MR) is 99.7 cm³/mol. The number of aryl methyl sites for hydroxylation is 3. The van der Waals surface area contributed by atoms with Crippen molar-refractivity contribution in [1.29, 1.82) is 0 Å². The highest BCUT2D eigenvalue weighted by Gasteiger charge is 2.36. The smallest absolute Gasteiger partial charge is 0.159 e. The summed E-state index contributed by atoms with van der Waals surface area (Å²) in [5.41, 5.74) is 7.60. The molecule has 2 aromatic heterocycles. The fraction of sp³-hybridized carbons (Fsp3) is 0.429. The summed E-state index contributed by atoms with van der Waals surface area (Å²) < 4.78 is 2.46. The van der Waals surface area contributed by atoms with Crippen molar-refractivity contribution in [1.82, 2.24) is 19.4 Å². The summed E-state index contributed by atoms with van der Waals surface area (Å²) in [6.07, 6.45) is 6.65. The number of nitrogens with zero attached hydrogens (tertiary/aromatic N) is 4. The Morgan fingerprint density at radius 3 is 2.92 bits per heavy atom. The van der Waals surface area contributed by atoms with Crippen LogP contribution >= 0.6 is 0 Å². The SMILES string of the molecule is Cc1cnc2c(n1)c1c(n2CCc2ccccc2)CCN2CCCC12. The molecular weight excluding hydrogens is 308 g/mol. The third-order valence-electron chi connectivity index (χ3n) is 5.82. The molecule has 0 amide bonds. The number of fused-ring (bicyclic) bond motifs is 5.